The minimum atomic E-state index is -1.21. The molecule has 2 atom stereocenters. The van der Waals surface area contributed by atoms with Gasteiger partial charge >= 0.3 is 6.09 Å². The van der Waals surface area contributed by atoms with Gasteiger partial charge in [-0.25, -0.2) is 19.3 Å². The second kappa shape index (κ2) is 8.80. The molecule has 0 saturated carbocycles. The molecule has 1 saturated heterocycles. The van der Waals surface area contributed by atoms with Gasteiger partial charge in [0.15, 0.2) is 16.4 Å². The summed E-state index contributed by atoms with van der Waals surface area (Å²) in [5, 5.41) is 16.2. The van der Waals surface area contributed by atoms with Gasteiger partial charge in [-0.05, 0) is 34.1 Å². The number of rotatable bonds is 3. The van der Waals surface area contributed by atoms with E-state index in [0.717, 1.165) is 5.69 Å². The highest BCUT2D eigenvalue weighted by Crippen LogP contribution is 2.40. The van der Waals surface area contributed by atoms with E-state index in [4.69, 9.17) is 9.47 Å². The van der Waals surface area contributed by atoms with Gasteiger partial charge in [-0.15, -0.1) is 0 Å². The van der Waals surface area contributed by atoms with E-state index in [1.165, 1.54) is 21.8 Å². The van der Waals surface area contributed by atoms with Crippen molar-refractivity contribution in [3.63, 3.8) is 0 Å². The Balaban J connectivity index is 0.00000336. The molecule has 5 heterocycles. The number of aliphatic hydroxyl groups is 1. The molecule has 0 bridgehead atoms. The standard InChI is InChI=1S/C25H30N6O5S.H2/c1-14-11-29(23(33)36-24(3,4)5)8-7-25(14,34)19-13-30-20(32)10-16(27-22(30)37-19)17-9-18(35-6)21-26-15(2)12-31(21)28-17;/h9-10,12-14,34H,7-8,11H2,1-6H3;1H/t14-,25+;/m1./s1. The molecular weight excluding hydrogens is 496 g/mol. The van der Waals surface area contributed by atoms with Crippen molar-refractivity contribution in [2.24, 2.45) is 5.92 Å². The van der Waals surface area contributed by atoms with Crippen molar-refractivity contribution in [2.45, 2.75) is 52.2 Å². The topological polar surface area (TPSA) is 124 Å². The van der Waals surface area contributed by atoms with Crippen molar-refractivity contribution >= 4 is 28.0 Å². The molecular formula is C25H32N6O5S. The van der Waals surface area contributed by atoms with Crippen LogP contribution >= 0.6 is 11.3 Å². The highest BCUT2D eigenvalue weighted by atomic mass is 32.1. The third-order valence-electron chi connectivity index (χ3n) is 6.51. The Morgan fingerprint density at radius 3 is 2.68 bits per heavy atom. The lowest BCUT2D eigenvalue weighted by atomic mass is 9.81. The number of ether oxygens (including phenoxy) is 2. The van der Waals surface area contributed by atoms with E-state index >= 15 is 0 Å². The molecule has 198 valence electrons. The van der Waals surface area contributed by atoms with Crippen molar-refractivity contribution in [1.82, 2.24) is 28.9 Å². The van der Waals surface area contributed by atoms with E-state index in [0.29, 0.717) is 52.1 Å². The molecule has 1 amide bonds. The van der Waals surface area contributed by atoms with Crippen molar-refractivity contribution < 1.29 is 20.8 Å². The summed E-state index contributed by atoms with van der Waals surface area (Å²) in [4.78, 5) is 37.4. The number of piperidine rings is 1. The zero-order chi connectivity index (χ0) is 26.7. The number of imidazole rings is 1. The van der Waals surface area contributed by atoms with Crippen molar-refractivity contribution in [1.29, 1.82) is 0 Å². The number of fused-ring (bicyclic) bond motifs is 2. The Morgan fingerprint density at radius 2 is 2.00 bits per heavy atom. The number of hydrogen-bond acceptors (Lipinski definition) is 9. The number of thiazole rings is 1. The average molecular weight is 529 g/mol. The first-order chi connectivity index (χ1) is 17.4. The fraction of sp³-hybridized carbons (Fsp3) is 0.480. The summed E-state index contributed by atoms with van der Waals surface area (Å²) < 4.78 is 14.0. The summed E-state index contributed by atoms with van der Waals surface area (Å²) in [5.74, 6) is 0.238. The van der Waals surface area contributed by atoms with Gasteiger partial charge in [0.25, 0.3) is 5.56 Å². The van der Waals surface area contributed by atoms with Gasteiger partial charge in [-0.2, -0.15) is 5.10 Å². The molecule has 12 heteroatoms. The number of carbonyl (C=O) groups is 1. The second-order valence-corrected chi connectivity index (χ2v) is 11.5. The molecule has 1 aliphatic heterocycles. The van der Waals surface area contributed by atoms with E-state index in [1.807, 2.05) is 34.6 Å². The van der Waals surface area contributed by atoms with Gasteiger partial charge in [-0.1, -0.05) is 18.3 Å². The Hall–Kier alpha value is -3.51. The molecule has 5 rings (SSSR count). The Labute approximate surface area is 218 Å². The summed E-state index contributed by atoms with van der Waals surface area (Å²) in [6, 6.07) is 3.12. The Morgan fingerprint density at radius 1 is 1.24 bits per heavy atom. The van der Waals surface area contributed by atoms with Gasteiger partial charge < -0.3 is 19.5 Å². The monoisotopic (exact) mass is 528 g/mol. The minimum Gasteiger partial charge on any atom is -0.493 e. The van der Waals surface area contributed by atoms with Crippen LogP contribution in [0.4, 0.5) is 4.79 Å². The second-order valence-electron chi connectivity index (χ2n) is 10.5. The number of hydrogen-bond donors (Lipinski definition) is 1. The molecule has 0 radical (unpaired) electrons. The van der Waals surface area contributed by atoms with E-state index < -0.39 is 17.3 Å². The maximum Gasteiger partial charge on any atom is 0.410 e. The number of nitrogens with zero attached hydrogens (tertiary/aromatic N) is 6. The SMILES string of the molecule is COc1cc(-c2cc(=O)n3cc([C@]4(O)CCN(C(=O)OC(C)(C)C)C[C@H]4C)sc3n2)nn2cc(C)nc12.[HH]. The molecule has 0 aliphatic carbocycles. The van der Waals surface area contributed by atoms with Crippen LogP contribution in [0.3, 0.4) is 0 Å². The first-order valence-electron chi connectivity index (χ1n) is 12.0. The van der Waals surface area contributed by atoms with E-state index in [1.54, 1.807) is 35.0 Å². The molecule has 0 spiro atoms. The minimum absolute atomic E-state index is 0. The van der Waals surface area contributed by atoms with E-state index in [-0.39, 0.29) is 12.9 Å². The maximum atomic E-state index is 13.1. The molecule has 11 nitrogen and oxygen atoms in total. The zero-order valence-corrected chi connectivity index (χ0v) is 22.5. The van der Waals surface area contributed by atoms with Crippen LogP contribution in [-0.4, -0.2) is 65.9 Å². The lowest BCUT2D eigenvalue weighted by molar-refractivity contribution is -0.0711. The molecule has 0 aromatic carbocycles. The Bertz CT molecular complexity index is 1570. The summed E-state index contributed by atoms with van der Waals surface area (Å²) in [5.41, 5.74) is 0.136. The number of amides is 1. The predicted octanol–water partition coefficient (Wildman–Crippen LogP) is 3.49. The lowest BCUT2D eigenvalue weighted by Crippen LogP contribution is -2.51. The van der Waals surface area contributed by atoms with Crippen LogP contribution in [0.2, 0.25) is 0 Å². The first-order valence-corrected chi connectivity index (χ1v) is 12.8. The highest BCUT2D eigenvalue weighted by Gasteiger charge is 2.44. The van der Waals surface area contributed by atoms with Crippen molar-refractivity contribution in [3.8, 4) is 17.1 Å². The summed E-state index contributed by atoms with van der Waals surface area (Å²) in [6.07, 6.45) is 3.34. The highest BCUT2D eigenvalue weighted by molar-refractivity contribution is 7.17. The van der Waals surface area contributed by atoms with Gasteiger partial charge in [0, 0.05) is 38.8 Å². The largest absolute Gasteiger partial charge is 0.493 e. The number of methoxy groups -OCH3 is 1. The van der Waals surface area contributed by atoms with E-state index in [9.17, 15) is 14.7 Å². The maximum absolute atomic E-state index is 13.1. The molecule has 0 unspecified atom stereocenters. The predicted molar refractivity (Wildman–Crippen MR) is 140 cm³/mol. The van der Waals surface area contributed by atoms with Crippen LogP contribution in [0.1, 0.15) is 46.1 Å². The third-order valence-corrected chi connectivity index (χ3v) is 7.66. The molecule has 37 heavy (non-hydrogen) atoms. The summed E-state index contributed by atoms with van der Waals surface area (Å²) in [7, 11) is 1.55. The number of likely N-dealkylation sites (tertiary alicyclic amines) is 1. The molecule has 1 fully saturated rings. The van der Waals surface area contributed by atoms with E-state index in [2.05, 4.69) is 15.1 Å². The first kappa shape index (κ1) is 25.2. The van der Waals surface area contributed by atoms with Gasteiger partial charge in [-0.3, -0.25) is 9.20 Å². The van der Waals surface area contributed by atoms with Gasteiger partial charge in [0.1, 0.15) is 16.9 Å². The fourth-order valence-electron chi connectivity index (χ4n) is 4.56. The molecule has 4 aromatic heterocycles. The summed E-state index contributed by atoms with van der Waals surface area (Å²) >= 11 is 1.26. The quantitative estimate of drug-likeness (QED) is 0.429. The zero-order valence-electron chi connectivity index (χ0n) is 21.7. The summed E-state index contributed by atoms with van der Waals surface area (Å²) in [6.45, 7) is 9.90. The van der Waals surface area contributed by atoms with Crippen LogP contribution in [0.25, 0.3) is 22.0 Å². The number of carbonyl (C=O) groups excluding carboxylic acids is 1. The van der Waals surface area contributed by atoms with Crippen LogP contribution in [0.15, 0.2) is 29.3 Å². The molecule has 4 aromatic rings. The Kier molecular flexibility index (Phi) is 5.99. The normalized spacial score (nSPS) is 20.5. The van der Waals surface area contributed by atoms with Crippen LogP contribution < -0.4 is 10.3 Å². The van der Waals surface area contributed by atoms with Crippen molar-refractivity contribution in [2.75, 3.05) is 20.2 Å². The van der Waals surface area contributed by atoms with Gasteiger partial charge in [0.05, 0.1) is 29.6 Å². The van der Waals surface area contributed by atoms with Crippen LogP contribution in [0.5, 0.6) is 5.75 Å². The number of aromatic nitrogens is 5. The van der Waals surface area contributed by atoms with Gasteiger partial charge in [0.2, 0.25) is 0 Å². The number of aryl methyl sites for hydroxylation is 1. The lowest BCUT2D eigenvalue weighted by Gasteiger charge is -2.42. The smallest absolute Gasteiger partial charge is 0.410 e. The van der Waals surface area contributed by atoms with Crippen LogP contribution in [-0.2, 0) is 10.3 Å². The molecule has 1 N–H and O–H groups in total. The average Bonchev–Trinajstić information content (AvgIpc) is 3.42. The fourth-order valence-corrected chi connectivity index (χ4v) is 5.78. The van der Waals surface area contributed by atoms with Crippen LogP contribution in [0, 0.1) is 12.8 Å². The van der Waals surface area contributed by atoms with Crippen molar-refractivity contribution in [3.05, 3.63) is 45.5 Å². The molecule has 1 aliphatic rings. The third kappa shape index (κ3) is 4.55.